The van der Waals surface area contributed by atoms with E-state index >= 15 is 0 Å². The van der Waals surface area contributed by atoms with Gasteiger partial charge in [0.2, 0.25) is 0 Å². The van der Waals surface area contributed by atoms with Gasteiger partial charge in [-0.1, -0.05) is 6.07 Å². The van der Waals surface area contributed by atoms with Crippen LogP contribution in [0.5, 0.6) is 0 Å². The molecule has 2 aromatic carbocycles. The number of benzene rings is 2. The van der Waals surface area contributed by atoms with Crippen molar-refractivity contribution < 1.29 is 14.4 Å². The van der Waals surface area contributed by atoms with Crippen molar-refractivity contribution in [1.82, 2.24) is 15.6 Å². The first-order valence-corrected chi connectivity index (χ1v) is 12.0. The molecule has 7 nitrogen and oxygen atoms in total. The van der Waals surface area contributed by atoms with Gasteiger partial charge in [0.05, 0.1) is 0 Å². The first kappa shape index (κ1) is 22.3. The Balaban J connectivity index is 1.77. The molecule has 2 atom stereocenters. The Kier molecular flexibility index (Phi) is 7.64. The zero-order valence-electron chi connectivity index (χ0n) is 17.1. The van der Waals surface area contributed by atoms with E-state index in [-0.39, 0.29) is 29.4 Å². The summed E-state index contributed by atoms with van der Waals surface area (Å²) < 4.78 is 1.12. The first-order valence-electron chi connectivity index (χ1n) is 9.86. The summed E-state index contributed by atoms with van der Waals surface area (Å²) in [4.78, 5) is 40.0. The fourth-order valence-electron chi connectivity index (χ4n) is 3.24. The molecule has 0 saturated carbocycles. The van der Waals surface area contributed by atoms with Crippen molar-refractivity contribution in [2.75, 3.05) is 6.54 Å². The topological polar surface area (TPSA) is 115 Å². The van der Waals surface area contributed by atoms with Gasteiger partial charge in [-0.3, -0.25) is 0 Å². The third-order valence-electron chi connectivity index (χ3n) is 4.72. The Morgan fingerprint density at radius 2 is 1.87 bits per heavy atom. The van der Waals surface area contributed by atoms with Gasteiger partial charge >= 0.3 is 176 Å². The average Bonchev–Trinajstić information content (AvgIpc) is 3.16. The molecule has 3 rings (SSSR count). The van der Waals surface area contributed by atoms with Gasteiger partial charge in [0, 0.05) is 0 Å². The van der Waals surface area contributed by atoms with E-state index in [1.165, 1.54) is 0 Å². The van der Waals surface area contributed by atoms with Crippen LogP contribution in [-0.2, 0) is 16.0 Å². The number of hydrogen-bond acceptors (Lipinski definition) is 4. The molecule has 2 amide bonds. The molecule has 0 aliphatic carbocycles. The minimum atomic E-state index is -0.853. The van der Waals surface area contributed by atoms with E-state index in [0.29, 0.717) is 12.0 Å². The van der Waals surface area contributed by atoms with Crippen LogP contribution in [0.15, 0.2) is 54.7 Å². The number of para-hydroxylation sites is 1. The molecule has 3 N–H and O–H groups in total. The molecule has 0 aliphatic heterocycles. The molecule has 0 aliphatic rings. The van der Waals surface area contributed by atoms with Crippen molar-refractivity contribution in [1.29, 1.82) is 5.26 Å². The molecule has 0 radical (unpaired) electrons. The van der Waals surface area contributed by atoms with Gasteiger partial charge in [0.1, 0.15) is 0 Å². The van der Waals surface area contributed by atoms with Crippen LogP contribution in [0.4, 0.5) is 0 Å². The zero-order chi connectivity index (χ0) is 22.2. The van der Waals surface area contributed by atoms with Crippen LogP contribution in [0.25, 0.3) is 10.9 Å². The van der Waals surface area contributed by atoms with Gasteiger partial charge < -0.3 is 0 Å². The van der Waals surface area contributed by atoms with E-state index in [4.69, 9.17) is 5.26 Å². The van der Waals surface area contributed by atoms with Crippen LogP contribution in [-0.4, -0.2) is 49.7 Å². The van der Waals surface area contributed by atoms with Crippen LogP contribution >= 0.6 is 0 Å². The molecular weight excluding hydrogens is 455 g/mol. The molecule has 31 heavy (non-hydrogen) atoms. The second-order valence-electron chi connectivity index (χ2n) is 7.05. The van der Waals surface area contributed by atoms with Gasteiger partial charge in [0.25, 0.3) is 0 Å². The first-order chi connectivity index (χ1) is 15.0. The van der Waals surface area contributed by atoms with Crippen LogP contribution in [0.3, 0.4) is 0 Å². The van der Waals surface area contributed by atoms with Crippen LogP contribution in [0.2, 0.25) is 0 Å². The van der Waals surface area contributed by atoms with Crippen molar-refractivity contribution in [3.63, 3.8) is 0 Å². The summed E-state index contributed by atoms with van der Waals surface area (Å²) in [5, 5.41) is 15.2. The molecule has 158 valence electrons. The second-order valence-corrected chi connectivity index (χ2v) is 10.3. The van der Waals surface area contributed by atoms with Crippen molar-refractivity contribution >= 4 is 47.4 Å². The predicted molar refractivity (Wildman–Crippen MR) is 120 cm³/mol. The molecule has 0 fully saturated rings. The third kappa shape index (κ3) is 6.06. The van der Waals surface area contributed by atoms with E-state index in [9.17, 15) is 14.4 Å². The number of carbonyl (C=O) groups excluding carboxylic acids is 3. The van der Waals surface area contributed by atoms with Crippen molar-refractivity contribution in [2.45, 2.75) is 25.8 Å². The molecule has 1 heterocycles. The summed E-state index contributed by atoms with van der Waals surface area (Å²) in [5.41, 5.74) is 2.29. The van der Waals surface area contributed by atoms with E-state index in [0.717, 1.165) is 20.8 Å². The SMILES string of the molecule is CC(=O)[AsH]c1ccc(C(=O)NC(Cc2c[nH]c3ccccc23)C(=O)NCCC#N)cc1. The Hall–Kier alpha value is -3.36. The Morgan fingerprint density at radius 3 is 2.58 bits per heavy atom. The average molecular weight is 478 g/mol. The Morgan fingerprint density at radius 1 is 1.13 bits per heavy atom. The fraction of sp³-hybridized carbons (Fsp3) is 0.217. The van der Waals surface area contributed by atoms with Gasteiger partial charge in [-0.05, 0) is 0 Å². The minimum absolute atomic E-state index is 0.171. The fourth-order valence-corrected chi connectivity index (χ4v) is 4.80. The molecule has 0 saturated heterocycles. The van der Waals surface area contributed by atoms with Gasteiger partial charge in [-0.15, -0.1) is 0 Å². The number of nitrogens with zero attached hydrogens (tertiary/aromatic N) is 1. The van der Waals surface area contributed by atoms with E-state index in [2.05, 4.69) is 15.6 Å². The molecule has 3 aromatic rings. The van der Waals surface area contributed by atoms with Crippen LogP contribution in [0.1, 0.15) is 29.3 Å². The Labute approximate surface area is 186 Å². The second kappa shape index (κ2) is 10.6. The number of hydrogen-bond donors (Lipinski definition) is 3. The van der Waals surface area contributed by atoms with E-state index in [1.807, 2.05) is 36.5 Å². The standard InChI is InChI=1S/C23H23AsN4O3/c1-15(29)24-18-9-7-16(8-10-18)22(30)28-21(23(31)26-12-4-11-25)13-17-14-27-20-6-3-2-5-19(17)20/h2-3,5-10,14,21,24,27H,4,12-13H2,1H3,(H,26,31)(H,28,30). The van der Waals surface area contributed by atoms with E-state index in [1.54, 1.807) is 31.2 Å². The quantitative estimate of drug-likeness (QED) is 0.316. The molecule has 1 aromatic heterocycles. The maximum atomic E-state index is 12.8. The van der Waals surface area contributed by atoms with Crippen LogP contribution in [0, 0.1) is 11.3 Å². The normalized spacial score (nSPS) is 11.9. The number of nitriles is 1. The summed E-state index contributed by atoms with van der Waals surface area (Å²) in [6.07, 6.45) is 2.34. The zero-order valence-corrected chi connectivity index (χ0v) is 19.2. The molecular formula is C23H23AsN4O3. The monoisotopic (exact) mass is 478 g/mol. The van der Waals surface area contributed by atoms with E-state index < -0.39 is 21.8 Å². The van der Waals surface area contributed by atoms with Crippen LogP contribution < -0.4 is 15.0 Å². The van der Waals surface area contributed by atoms with Crippen molar-refractivity contribution in [2.24, 2.45) is 0 Å². The number of fused-ring (bicyclic) bond motifs is 1. The Bertz CT molecular complexity index is 1130. The third-order valence-corrected chi connectivity index (χ3v) is 6.77. The number of H-pyrrole nitrogens is 1. The number of amides is 2. The molecule has 0 bridgehead atoms. The summed E-state index contributed by atoms with van der Waals surface area (Å²) in [7, 11) is 0. The summed E-state index contributed by atoms with van der Waals surface area (Å²) >= 11 is -0.853. The summed E-state index contributed by atoms with van der Waals surface area (Å²) in [6.45, 7) is 1.79. The number of nitrogens with one attached hydrogen (secondary N) is 3. The number of aromatic amines is 1. The number of carbonyl (C=O) groups is 3. The van der Waals surface area contributed by atoms with Gasteiger partial charge in [0.15, 0.2) is 0 Å². The summed E-state index contributed by atoms with van der Waals surface area (Å²) in [6, 6.07) is 15.9. The van der Waals surface area contributed by atoms with Gasteiger partial charge in [-0.2, -0.15) is 5.26 Å². The number of aromatic nitrogens is 1. The van der Waals surface area contributed by atoms with Crippen molar-refractivity contribution in [3.05, 3.63) is 65.9 Å². The molecule has 8 heteroatoms. The summed E-state index contributed by atoms with van der Waals surface area (Å²) in [5.74, 6) is -0.705. The van der Waals surface area contributed by atoms with Gasteiger partial charge in [-0.25, -0.2) is 0 Å². The molecule has 0 spiro atoms. The number of rotatable bonds is 9. The van der Waals surface area contributed by atoms with Crippen molar-refractivity contribution in [3.8, 4) is 6.07 Å². The predicted octanol–water partition coefficient (Wildman–Crippen LogP) is 1.15. The molecule has 2 unspecified atom stereocenters. The maximum absolute atomic E-state index is 12.8.